The average molecular weight is 509 g/mol. The topological polar surface area (TPSA) is 102 Å². The maximum Gasteiger partial charge on any atom is 0.307 e. The molecule has 1 aliphatic carbocycles. The maximum absolute atomic E-state index is 12.7. The van der Waals surface area contributed by atoms with Crippen LogP contribution in [0.4, 0.5) is 0 Å². The van der Waals surface area contributed by atoms with Gasteiger partial charge in [-0.15, -0.1) is 0 Å². The van der Waals surface area contributed by atoms with Crippen molar-refractivity contribution in [1.82, 2.24) is 10.3 Å². The van der Waals surface area contributed by atoms with Crippen molar-refractivity contribution in [2.75, 3.05) is 6.54 Å². The maximum atomic E-state index is 12.7. The standard InChI is InChI=1S/C30H40N2O5/c33-27(34)18-22-12-5-4-11-21(22)13-14-23-25-15-16-26(37-25)28(23)30-32-24(19-36-30)29(35)31-17-7-6-10-20-8-2-1-3-9-20/h4-5,11-12,19-20,23,25-26,28H,1-3,6-10,13-18H2,(H,31,35)(H,33,34)/t23-,25-,26+,28-/m1/s1. The Labute approximate surface area is 219 Å². The second-order valence-electron chi connectivity index (χ2n) is 11.2. The van der Waals surface area contributed by atoms with Crippen molar-refractivity contribution in [3.63, 3.8) is 0 Å². The number of benzene rings is 1. The van der Waals surface area contributed by atoms with Crippen molar-refractivity contribution < 1.29 is 23.8 Å². The zero-order valence-electron chi connectivity index (χ0n) is 21.7. The molecule has 3 aliphatic rings. The molecule has 2 aromatic rings. The highest BCUT2D eigenvalue weighted by molar-refractivity contribution is 5.91. The van der Waals surface area contributed by atoms with Crippen LogP contribution in [-0.4, -0.2) is 40.7 Å². The molecule has 0 unspecified atom stereocenters. The summed E-state index contributed by atoms with van der Waals surface area (Å²) >= 11 is 0. The summed E-state index contributed by atoms with van der Waals surface area (Å²) in [7, 11) is 0. The number of ether oxygens (including phenoxy) is 1. The lowest BCUT2D eigenvalue weighted by atomic mass is 9.76. The third kappa shape index (κ3) is 6.43. The molecule has 4 atom stereocenters. The minimum atomic E-state index is -0.816. The van der Waals surface area contributed by atoms with E-state index >= 15 is 0 Å². The lowest BCUT2D eigenvalue weighted by Crippen LogP contribution is -2.27. The summed E-state index contributed by atoms with van der Waals surface area (Å²) in [4.78, 5) is 28.6. The summed E-state index contributed by atoms with van der Waals surface area (Å²) in [5.74, 6) is 0.760. The molecule has 1 saturated carbocycles. The van der Waals surface area contributed by atoms with Gasteiger partial charge in [-0.2, -0.15) is 0 Å². The van der Waals surface area contributed by atoms with Crippen molar-refractivity contribution in [3.05, 3.63) is 53.2 Å². The fraction of sp³-hybridized carbons (Fsp3) is 0.633. The number of hydrogen-bond acceptors (Lipinski definition) is 5. The number of aryl methyl sites for hydroxylation is 1. The Hall–Kier alpha value is -2.67. The Morgan fingerprint density at radius 1 is 0.973 bits per heavy atom. The van der Waals surface area contributed by atoms with Crippen molar-refractivity contribution >= 4 is 11.9 Å². The van der Waals surface area contributed by atoms with Crippen LogP contribution in [-0.2, 0) is 22.4 Å². The molecule has 37 heavy (non-hydrogen) atoms. The monoisotopic (exact) mass is 508 g/mol. The van der Waals surface area contributed by atoms with Crippen LogP contribution < -0.4 is 5.32 Å². The minimum Gasteiger partial charge on any atom is -0.481 e. The molecular weight excluding hydrogens is 468 g/mol. The second-order valence-corrected chi connectivity index (χ2v) is 11.2. The van der Waals surface area contributed by atoms with Gasteiger partial charge in [0.25, 0.3) is 5.91 Å². The van der Waals surface area contributed by atoms with Gasteiger partial charge >= 0.3 is 5.97 Å². The Balaban J connectivity index is 1.14. The number of fused-ring (bicyclic) bond motifs is 2. The molecule has 1 amide bonds. The summed E-state index contributed by atoms with van der Waals surface area (Å²) in [5.41, 5.74) is 2.28. The Bertz CT molecular complexity index is 1060. The Morgan fingerprint density at radius 3 is 2.57 bits per heavy atom. The predicted molar refractivity (Wildman–Crippen MR) is 139 cm³/mol. The van der Waals surface area contributed by atoms with E-state index in [2.05, 4.69) is 10.3 Å². The number of rotatable bonds is 12. The Kier molecular flexibility index (Phi) is 8.59. The fourth-order valence-corrected chi connectivity index (χ4v) is 6.81. The lowest BCUT2D eigenvalue weighted by molar-refractivity contribution is -0.136. The van der Waals surface area contributed by atoms with Crippen LogP contribution in [0.3, 0.4) is 0 Å². The highest BCUT2D eigenvalue weighted by atomic mass is 16.5. The van der Waals surface area contributed by atoms with Crippen molar-refractivity contribution in [2.24, 2.45) is 11.8 Å². The average Bonchev–Trinajstić information content (AvgIpc) is 3.65. The first kappa shape index (κ1) is 26.0. The van der Waals surface area contributed by atoms with Crippen molar-refractivity contribution in [1.29, 1.82) is 0 Å². The minimum absolute atomic E-state index is 0.0300. The number of unbranched alkanes of at least 4 members (excludes halogenated alkanes) is 1. The molecule has 2 bridgehead atoms. The zero-order chi connectivity index (χ0) is 25.6. The summed E-state index contributed by atoms with van der Waals surface area (Å²) in [6.45, 7) is 0.670. The number of hydrogen-bond donors (Lipinski definition) is 2. The van der Waals surface area contributed by atoms with Crippen LogP contribution in [0, 0.1) is 11.8 Å². The van der Waals surface area contributed by atoms with Gasteiger partial charge in [0.05, 0.1) is 24.5 Å². The van der Waals surface area contributed by atoms with Crippen LogP contribution in [0.25, 0.3) is 0 Å². The number of carbonyl (C=O) groups excluding carboxylic acids is 1. The SMILES string of the molecule is O=C(O)Cc1ccccc1CC[C@H]1[C@@H](c2nc(C(=O)NCCCCC3CCCCC3)co2)[C@@H]2CC[C@H]1O2. The summed E-state index contributed by atoms with van der Waals surface area (Å²) in [6, 6.07) is 7.77. The first-order chi connectivity index (χ1) is 18.1. The number of carboxylic acids is 1. The zero-order valence-corrected chi connectivity index (χ0v) is 21.7. The van der Waals surface area contributed by atoms with E-state index in [4.69, 9.17) is 9.15 Å². The Morgan fingerprint density at radius 2 is 1.76 bits per heavy atom. The van der Waals surface area contributed by atoms with Gasteiger partial charge in [0.1, 0.15) is 6.26 Å². The number of carboxylic acid groups (broad SMARTS) is 1. The molecule has 2 N–H and O–H groups in total. The van der Waals surface area contributed by atoms with E-state index in [-0.39, 0.29) is 36.4 Å². The smallest absolute Gasteiger partial charge is 0.307 e. The van der Waals surface area contributed by atoms with Crippen LogP contribution in [0.15, 0.2) is 34.9 Å². The number of amides is 1. The second kappa shape index (κ2) is 12.2. The lowest BCUT2D eigenvalue weighted by Gasteiger charge is -2.26. The summed E-state index contributed by atoms with van der Waals surface area (Å²) in [5, 5.41) is 12.3. The molecule has 0 spiro atoms. The van der Waals surface area contributed by atoms with Gasteiger partial charge in [0, 0.05) is 6.54 Å². The van der Waals surface area contributed by atoms with Gasteiger partial charge in [-0.05, 0) is 55.1 Å². The first-order valence-electron chi connectivity index (χ1n) is 14.3. The normalized spacial score (nSPS) is 25.4. The van der Waals surface area contributed by atoms with Crippen LogP contribution in [0.1, 0.15) is 104 Å². The van der Waals surface area contributed by atoms with E-state index in [0.717, 1.165) is 55.6 Å². The third-order valence-corrected chi connectivity index (χ3v) is 8.72. The molecule has 2 saturated heterocycles. The number of nitrogens with one attached hydrogen (secondary N) is 1. The summed E-state index contributed by atoms with van der Waals surface area (Å²) in [6.07, 6.45) is 15.7. The number of carbonyl (C=O) groups is 2. The number of oxazole rings is 1. The molecule has 200 valence electrons. The van der Waals surface area contributed by atoms with Gasteiger partial charge in [0.15, 0.2) is 5.69 Å². The fourth-order valence-electron chi connectivity index (χ4n) is 6.81. The highest BCUT2D eigenvalue weighted by Gasteiger charge is 2.51. The van der Waals surface area contributed by atoms with Crippen molar-refractivity contribution in [3.8, 4) is 0 Å². The molecule has 7 nitrogen and oxygen atoms in total. The van der Waals surface area contributed by atoms with Crippen LogP contribution in [0.5, 0.6) is 0 Å². The van der Waals surface area contributed by atoms with Gasteiger partial charge in [-0.25, -0.2) is 4.98 Å². The molecular formula is C30H40N2O5. The number of nitrogens with zero attached hydrogens (tertiary/aromatic N) is 1. The molecule has 0 radical (unpaired) electrons. The number of aliphatic carboxylic acids is 1. The van der Waals surface area contributed by atoms with E-state index in [1.807, 2.05) is 24.3 Å². The number of aromatic nitrogens is 1. The molecule has 3 heterocycles. The van der Waals surface area contributed by atoms with Crippen LogP contribution >= 0.6 is 0 Å². The summed E-state index contributed by atoms with van der Waals surface area (Å²) < 4.78 is 12.1. The molecule has 1 aromatic heterocycles. The molecule has 1 aromatic carbocycles. The van der Waals surface area contributed by atoms with E-state index in [0.29, 0.717) is 18.1 Å². The van der Waals surface area contributed by atoms with Gasteiger partial charge in [0.2, 0.25) is 5.89 Å². The first-order valence-corrected chi connectivity index (χ1v) is 14.3. The largest absolute Gasteiger partial charge is 0.481 e. The van der Waals surface area contributed by atoms with Crippen LogP contribution in [0.2, 0.25) is 0 Å². The van der Waals surface area contributed by atoms with E-state index in [1.54, 1.807) is 0 Å². The van der Waals surface area contributed by atoms with Gasteiger partial charge < -0.3 is 19.6 Å². The van der Waals surface area contributed by atoms with E-state index < -0.39 is 5.97 Å². The molecule has 7 heteroatoms. The highest BCUT2D eigenvalue weighted by Crippen LogP contribution is 2.50. The molecule has 2 aliphatic heterocycles. The third-order valence-electron chi connectivity index (χ3n) is 8.72. The van der Waals surface area contributed by atoms with E-state index in [9.17, 15) is 14.7 Å². The molecule has 3 fully saturated rings. The van der Waals surface area contributed by atoms with E-state index in [1.165, 1.54) is 44.8 Å². The quantitative estimate of drug-likeness (QED) is 0.358. The predicted octanol–water partition coefficient (Wildman–Crippen LogP) is 5.68. The molecule has 5 rings (SSSR count). The van der Waals surface area contributed by atoms with Gasteiger partial charge in [-0.1, -0.05) is 69.2 Å². The van der Waals surface area contributed by atoms with Gasteiger partial charge in [-0.3, -0.25) is 9.59 Å². The van der Waals surface area contributed by atoms with Crippen molar-refractivity contribution in [2.45, 2.75) is 102 Å².